The Labute approximate surface area is 126 Å². The molecule has 0 spiro atoms. The first-order valence-corrected chi connectivity index (χ1v) is 7.66. The van der Waals surface area contributed by atoms with Gasteiger partial charge < -0.3 is 9.15 Å². The second-order valence-corrected chi connectivity index (χ2v) is 6.82. The fourth-order valence-corrected chi connectivity index (χ4v) is 2.73. The smallest absolute Gasteiger partial charge is 0.203 e. The molecule has 0 saturated carbocycles. The largest absolute Gasteiger partial charge is 0.460 e. The second-order valence-electron chi connectivity index (χ2n) is 6.82. The van der Waals surface area contributed by atoms with Gasteiger partial charge in [0.2, 0.25) is 5.36 Å². The molecule has 3 nitrogen and oxygen atoms in total. The molecule has 0 aromatic heterocycles. The van der Waals surface area contributed by atoms with Gasteiger partial charge in [0, 0.05) is 17.0 Å². The third kappa shape index (κ3) is 2.88. The normalized spacial score (nSPS) is 16.5. The molecule has 1 fully saturated rings. The van der Waals surface area contributed by atoms with E-state index >= 15 is 0 Å². The van der Waals surface area contributed by atoms with Gasteiger partial charge in [-0.2, -0.15) is 0 Å². The van der Waals surface area contributed by atoms with Crippen LogP contribution in [0.15, 0.2) is 28.7 Å². The van der Waals surface area contributed by atoms with E-state index in [-0.39, 0.29) is 5.41 Å². The molecule has 2 aliphatic heterocycles. The van der Waals surface area contributed by atoms with E-state index in [0.717, 1.165) is 37.8 Å². The first-order chi connectivity index (χ1) is 9.95. The molecule has 0 radical (unpaired) electrons. The van der Waals surface area contributed by atoms with Crippen molar-refractivity contribution >= 4 is 0 Å². The molecule has 0 unspecified atom stereocenters. The van der Waals surface area contributed by atoms with Crippen LogP contribution >= 0.6 is 0 Å². The lowest BCUT2D eigenvalue weighted by Crippen LogP contribution is -2.39. The highest BCUT2D eigenvalue weighted by Gasteiger charge is 2.21. The number of hydrogen-bond acceptors (Lipinski definition) is 2. The summed E-state index contributed by atoms with van der Waals surface area (Å²) in [5.41, 5.74) is 2.49. The maximum atomic E-state index is 6.18. The lowest BCUT2D eigenvalue weighted by atomic mass is 9.91. The number of aryl methyl sites for hydroxylation is 1. The van der Waals surface area contributed by atoms with Crippen LogP contribution in [0.5, 0.6) is 0 Å². The lowest BCUT2D eigenvalue weighted by Gasteiger charge is -2.20. The first-order valence-electron chi connectivity index (χ1n) is 7.66. The zero-order valence-corrected chi connectivity index (χ0v) is 13.4. The zero-order chi connectivity index (χ0) is 15.0. The summed E-state index contributed by atoms with van der Waals surface area (Å²) < 4.78 is 14.0. The molecule has 0 atom stereocenters. The fourth-order valence-electron chi connectivity index (χ4n) is 2.73. The van der Waals surface area contributed by atoms with E-state index in [9.17, 15) is 0 Å². The van der Waals surface area contributed by atoms with Crippen molar-refractivity contribution in [1.29, 1.82) is 0 Å². The van der Waals surface area contributed by atoms with Gasteiger partial charge in [0.25, 0.3) is 0 Å². The average molecular weight is 286 g/mol. The number of ether oxygens (including phenoxy) is 1. The van der Waals surface area contributed by atoms with Crippen molar-refractivity contribution in [2.45, 2.75) is 33.1 Å². The van der Waals surface area contributed by atoms with Crippen molar-refractivity contribution in [3.8, 4) is 11.3 Å². The van der Waals surface area contributed by atoms with Crippen LogP contribution in [0, 0.1) is 6.92 Å². The number of rotatable bonds is 0. The highest BCUT2D eigenvalue weighted by molar-refractivity contribution is 5.63. The zero-order valence-electron chi connectivity index (χ0n) is 13.4. The third-order valence-corrected chi connectivity index (χ3v) is 4.07. The van der Waals surface area contributed by atoms with E-state index in [1.165, 1.54) is 16.5 Å². The Bertz CT molecular complexity index is 683. The van der Waals surface area contributed by atoms with Crippen molar-refractivity contribution in [3.63, 3.8) is 0 Å². The molecular formula is C18H24NO2+. The Balaban J connectivity index is 2.19. The molecule has 3 rings (SSSR count). The molecule has 0 aromatic rings. The molecule has 2 heterocycles. The Morgan fingerprint density at radius 2 is 1.76 bits per heavy atom. The average Bonchev–Trinajstić information content (AvgIpc) is 2.46. The number of benzene rings is 1. The molecule has 1 aliphatic carbocycles. The van der Waals surface area contributed by atoms with Gasteiger partial charge in [0.15, 0.2) is 13.1 Å². The summed E-state index contributed by atoms with van der Waals surface area (Å²) in [4.78, 5) is 0. The van der Waals surface area contributed by atoms with Crippen molar-refractivity contribution in [2.75, 3.05) is 26.3 Å². The van der Waals surface area contributed by atoms with E-state index in [1.807, 2.05) is 0 Å². The second kappa shape index (κ2) is 5.30. The van der Waals surface area contributed by atoms with Crippen LogP contribution in [0.25, 0.3) is 11.3 Å². The van der Waals surface area contributed by atoms with Crippen LogP contribution in [-0.4, -0.2) is 26.3 Å². The summed E-state index contributed by atoms with van der Waals surface area (Å²) >= 11 is 0. The van der Waals surface area contributed by atoms with E-state index in [4.69, 9.17) is 9.15 Å². The van der Waals surface area contributed by atoms with Gasteiger partial charge in [-0.3, -0.25) is 0 Å². The molecule has 0 N–H and O–H groups in total. The third-order valence-electron chi connectivity index (χ3n) is 4.07. The minimum absolute atomic E-state index is 0.0217. The number of fused-ring (bicyclic) bond motifs is 1. The summed E-state index contributed by atoms with van der Waals surface area (Å²) in [6.07, 6.45) is 0. The minimum Gasteiger partial charge on any atom is -0.460 e. The standard InChI is InChI=1S/C18H24NO2/c1-13-11-17(18(2,3)4)21-16-12-14(5-6-15(13)16)19-7-9-20-10-8-19/h5-6,11-12H,7-10H2,1-4H3/q+1. The van der Waals surface area contributed by atoms with Gasteiger partial charge >= 0.3 is 0 Å². The van der Waals surface area contributed by atoms with E-state index in [2.05, 4.69) is 56.5 Å². The molecule has 3 heteroatoms. The molecule has 21 heavy (non-hydrogen) atoms. The molecule has 0 amide bonds. The number of hydrogen-bond donors (Lipinski definition) is 0. The van der Waals surface area contributed by atoms with Crippen LogP contribution in [0.3, 0.4) is 0 Å². The Kier molecular flexibility index (Phi) is 3.62. The first kappa shape index (κ1) is 14.3. The van der Waals surface area contributed by atoms with Gasteiger partial charge in [-0.25, -0.2) is 4.58 Å². The summed E-state index contributed by atoms with van der Waals surface area (Å²) in [6.45, 7) is 12.2. The Hall–Kier alpha value is -1.61. The monoisotopic (exact) mass is 286 g/mol. The lowest BCUT2D eigenvalue weighted by molar-refractivity contribution is 0.0965. The molecular weight excluding hydrogens is 262 g/mol. The summed E-state index contributed by atoms with van der Waals surface area (Å²) in [6, 6.07) is 8.69. The van der Waals surface area contributed by atoms with Gasteiger partial charge in [-0.1, -0.05) is 20.8 Å². The predicted molar refractivity (Wildman–Crippen MR) is 84.6 cm³/mol. The molecule has 0 bridgehead atoms. The highest BCUT2D eigenvalue weighted by atomic mass is 16.5. The van der Waals surface area contributed by atoms with Crippen molar-refractivity contribution < 1.29 is 9.15 Å². The Morgan fingerprint density at radius 3 is 2.43 bits per heavy atom. The molecule has 3 aliphatic rings. The number of nitrogens with zero attached hydrogens (tertiary/aromatic N) is 1. The molecule has 1 saturated heterocycles. The summed E-state index contributed by atoms with van der Waals surface area (Å²) in [5.74, 6) is 2.01. The summed E-state index contributed by atoms with van der Waals surface area (Å²) in [5, 5.41) is 1.22. The predicted octanol–water partition coefficient (Wildman–Crippen LogP) is 2.79. The van der Waals surface area contributed by atoms with Gasteiger partial charge in [0.1, 0.15) is 24.7 Å². The maximum absolute atomic E-state index is 6.18. The fraction of sp³-hybridized carbons (Fsp3) is 0.500. The van der Waals surface area contributed by atoms with Crippen LogP contribution < -0.4 is 9.93 Å². The van der Waals surface area contributed by atoms with Gasteiger partial charge in [-0.15, -0.1) is 0 Å². The number of morpholine rings is 1. The minimum atomic E-state index is 0.0217. The van der Waals surface area contributed by atoms with Crippen molar-refractivity contribution in [2.24, 2.45) is 0 Å². The van der Waals surface area contributed by atoms with Crippen molar-refractivity contribution in [3.05, 3.63) is 40.9 Å². The highest BCUT2D eigenvalue weighted by Crippen LogP contribution is 2.31. The topological polar surface area (TPSA) is 25.4 Å². The summed E-state index contributed by atoms with van der Waals surface area (Å²) in [7, 11) is 0. The van der Waals surface area contributed by atoms with E-state index in [0.29, 0.717) is 0 Å². The van der Waals surface area contributed by atoms with Crippen LogP contribution in [0.1, 0.15) is 32.1 Å². The SMILES string of the molecule is Cc1cc(C(C)(C)C)oc2cc(=[N+]3CCOCC3)ccc1-2. The van der Waals surface area contributed by atoms with Gasteiger partial charge in [-0.05, 0) is 24.6 Å². The quantitative estimate of drug-likeness (QED) is 0.696. The van der Waals surface area contributed by atoms with Crippen LogP contribution in [0.2, 0.25) is 0 Å². The van der Waals surface area contributed by atoms with E-state index in [1.54, 1.807) is 0 Å². The molecule has 112 valence electrons. The van der Waals surface area contributed by atoms with Crippen LogP contribution in [0.4, 0.5) is 0 Å². The van der Waals surface area contributed by atoms with Gasteiger partial charge in [0.05, 0.1) is 6.07 Å². The maximum Gasteiger partial charge on any atom is 0.203 e. The van der Waals surface area contributed by atoms with Crippen molar-refractivity contribution in [1.82, 2.24) is 4.58 Å². The van der Waals surface area contributed by atoms with Crippen LogP contribution in [-0.2, 0) is 10.2 Å². The Morgan fingerprint density at radius 1 is 1.05 bits per heavy atom. The van der Waals surface area contributed by atoms with E-state index < -0.39 is 0 Å². The molecule has 0 aromatic carbocycles.